The third kappa shape index (κ3) is 3.79. The number of nitrogens with zero attached hydrogens (tertiary/aromatic N) is 4. The molecule has 0 spiro atoms. The van der Waals surface area contributed by atoms with Gasteiger partial charge in [0, 0.05) is 36.9 Å². The predicted molar refractivity (Wildman–Crippen MR) is 92.2 cm³/mol. The molecular formula is C16H23N5OS. The van der Waals surface area contributed by atoms with Crippen molar-refractivity contribution in [1.82, 2.24) is 20.5 Å². The molecule has 0 bridgehead atoms. The maximum Gasteiger partial charge on any atom is 0.208 e. The summed E-state index contributed by atoms with van der Waals surface area (Å²) in [6, 6.07) is 2.77. The van der Waals surface area contributed by atoms with E-state index < -0.39 is 0 Å². The number of aryl methyl sites for hydroxylation is 1. The van der Waals surface area contributed by atoms with E-state index in [1.165, 1.54) is 0 Å². The second-order valence-electron chi connectivity index (χ2n) is 5.87. The van der Waals surface area contributed by atoms with Crippen LogP contribution in [0.3, 0.4) is 0 Å². The number of anilines is 1. The summed E-state index contributed by atoms with van der Waals surface area (Å²) in [5.41, 5.74) is 1.16. The van der Waals surface area contributed by atoms with Crippen LogP contribution in [0, 0.1) is 6.92 Å². The Labute approximate surface area is 140 Å². The van der Waals surface area contributed by atoms with Crippen molar-refractivity contribution in [2.24, 2.45) is 0 Å². The number of hydrogen-bond acceptors (Lipinski definition) is 7. The van der Waals surface area contributed by atoms with Crippen molar-refractivity contribution in [3.05, 3.63) is 29.0 Å². The molecule has 1 saturated heterocycles. The van der Waals surface area contributed by atoms with Crippen molar-refractivity contribution in [1.29, 1.82) is 0 Å². The number of methoxy groups -OCH3 is 1. The van der Waals surface area contributed by atoms with Crippen molar-refractivity contribution in [2.45, 2.75) is 38.8 Å². The standard InChI is InChI=1S/C16H23N5OS/c1-11(14-4-7-17-10-15(14)22-3)18-13-5-8-21(9-6-13)16-20-19-12(2)23-16/h4,7,10-11,13,18H,5-6,8-9H2,1-3H3. The van der Waals surface area contributed by atoms with Crippen molar-refractivity contribution in [2.75, 3.05) is 25.1 Å². The molecule has 1 N–H and O–H groups in total. The van der Waals surface area contributed by atoms with Gasteiger partial charge in [0.2, 0.25) is 5.13 Å². The van der Waals surface area contributed by atoms with Gasteiger partial charge in [-0.15, -0.1) is 10.2 Å². The molecule has 1 aliphatic rings. The molecule has 2 aromatic rings. The lowest BCUT2D eigenvalue weighted by Crippen LogP contribution is -2.43. The Morgan fingerprint density at radius 1 is 1.35 bits per heavy atom. The Morgan fingerprint density at radius 2 is 2.13 bits per heavy atom. The van der Waals surface area contributed by atoms with Gasteiger partial charge < -0.3 is 15.0 Å². The Kier molecular flexibility index (Phi) is 5.07. The summed E-state index contributed by atoms with van der Waals surface area (Å²) in [6.45, 7) is 6.22. The van der Waals surface area contributed by atoms with E-state index in [1.807, 2.05) is 19.2 Å². The first kappa shape index (κ1) is 16.1. The second-order valence-corrected chi connectivity index (χ2v) is 7.03. The fourth-order valence-electron chi connectivity index (χ4n) is 3.01. The van der Waals surface area contributed by atoms with Gasteiger partial charge in [-0.25, -0.2) is 0 Å². The number of pyridine rings is 1. The normalized spacial score (nSPS) is 17.3. The zero-order valence-corrected chi connectivity index (χ0v) is 14.6. The third-order valence-corrected chi connectivity index (χ3v) is 5.17. The number of piperidine rings is 1. The highest BCUT2D eigenvalue weighted by molar-refractivity contribution is 7.15. The minimum absolute atomic E-state index is 0.244. The highest BCUT2D eigenvalue weighted by Gasteiger charge is 2.23. The van der Waals surface area contributed by atoms with Crippen molar-refractivity contribution in [3.8, 4) is 5.75 Å². The molecule has 0 aromatic carbocycles. The van der Waals surface area contributed by atoms with E-state index in [9.17, 15) is 0 Å². The maximum absolute atomic E-state index is 5.41. The van der Waals surface area contributed by atoms with Crippen molar-refractivity contribution < 1.29 is 4.74 Å². The van der Waals surface area contributed by atoms with Crippen LogP contribution >= 0.6 is 11.3 Å². The number of nitrogens with one attached hydrogen (secondary N) is 1. The van der Waals surface area contributed by atoms with Crippen LogP contribution in [0.2, 0.25) is 0 Å². The lowest BCUT2D eigenvalue weighted by molar-refractivity contribution is 0.364. The van der Waals surface area contributed by atoms with Gasteiger partial charge in [-0.2, -0.15) is 0 Å². The Balaban J connectivity index is 1.56. The molecule has 1 atom stereocenters. The average molecular weight is 333 g/mol. The lowest BCUT2D eigenvalue weighted by atomic mass is 10.0. The summed E-state index contributed by atoms with van der Waals surface area (Å²) < 4.78 is 5.41. The third-order valence-electron chi connectivity index (χ3n) is 4.27. The first-order valence-electron chi connectivity index (χ1n) is 7.96. The average Bonchev–Trinajstić information content (AvgIpc) is 3.02. The van der Waals surface area contributed by atoms with E-state index in [4.69, 9.17) is 4.74 Å². The van der Waals surface area contributed by atoms with Crippen LogP contribution in [0.5, 0.6) is 5.75 Å². The van der Waals surface area contributed by atoms with Gasteiger partial charge in [0.05, 0.1) is 13.3 Å². The molecule has 3 heterocycles. The van der Waals surface area contributed by atoms with Crippen LogP contribution < -0.4 is 15.0 Å². The van der Waals surface area contributed by atoms with E-state index in [0.717, 1.165) is 47.4 Å². The minimum atomic E-state index is 0.244. The number of ether oxygens (including phenoxy) is 1. The van der Waals surface area contributed by atoms with Gasteiger partial charge >= 0.3 is 0 Å². The molecule has 0 aliphatic carbocycles. The van der Waals surface area contributed by atoms with E-state index in [-0.39, 0.29) is 6.04 Å². The van der Waals surface area contributed by atoms with Gasteiger partial charge in [-0.05, 0) is 32.8 Å². The molecule has 2 aromatic heterocycles. The van der Waals surface area contributed by atoms with Crippen molar-refractivity contribution in [3.63, 3.8) is 0 Å². The molecule has 0 amide bonds. The smallest absolute Gasteiger partial charge is 0.208 e. The maximum atomic E-state index is 5.41. The highest BCUT2D eigenvalue weighted by atomic mass is 32.1. The molecule has 3 rings (SSSR count). The van der Waals surface area contributed by atoms with Crippen molar-refractivity contribution >= 4 is 16.5 Å². The zero-order chi connectivity index (χ0) is 16.2. The van der Waals surface area contributed by atoms with E-state index >= 15 is 0 Å². The van der Waals surface area contributed by atoms with Gasteiger partial charge in [0.1, 0.15) is 10.8 Å². The molecule has 7 heteroatoms. The fraction of sp³-hybridized carbons (Fsp3) is 0.562. The number of aromatic nitrogens is 3. The summed E-state index contributed by atoms with van der Waals surface area (Å²) >= 11 is 1.67. The highest BCUT2D eigenvalue weighted by Crippen LogP contribution is 2.27. The second kappa shape index (κ2) is 7.23. The first-order valence-corrected chi connectivity index (χ1v) is 8.78. The summed E-state index contributed by atoms with van der Waals surface area (Å²) in [5.74, 6) is 0.842. The topological polar surface area (TPSA) is 63.2 Å². The predicted octanol–water partition coefficient (Wildman–Crippen LogP) is 2.57. The van der Waals surface area contributed by atoms with Gasteiger partial charge in [0.15, 0.2) is 0 Å². The Hall–Kier alpha value is -1.73. The minimum Gasteiger partial charge on any atom is -0.495 e. The molecule has 6 nitrogen and oxygen atoms in total. The summed E-state index contributed by atoms with van der Waals surface area (Å²) in [5, 5.41) is 14.1. The van der Waals surface area contributed by atoms with Gasteiger partial charge in [0.25, 0.3) is 0 Å². The molecule has 124 valence electrons. The quantitative estimate of drug-likeness (QED) is 0.907. The summed E-state index contributed by atoms with van der Waals surface area (Å²) in [7, 11) is 1.69. The molecule has 1 unspecified atom stereocenters. The van der Waals surface area contributed by atoms with E-state index in [1.54, 1.807) is 24.6 Å². The Morgan fingerprint density at radius 3 is 2.78 bits per heavy atom. The SMILES string of the molecule is COc1cnccc1C(C)NC1CCN(c2nnc(C)s2)CC1. The zero-order valence-electron chi connectivity index (χ0n) is 13.8. The van der Waals surface area contributed by atoms with Gasteiger partial charge in [-0.3, -0.25) is 4.98 Å². The Bertz CT molecular complexity index is 639. The molecule has 0 radical (unpaired) electrons. The monoisotopic (exact) mass is 333 g/mol. The fourth-order valence-corrected chi connectivity index (χ4v) is 3.75. The number of hydrogen-bond donors (Lipinski definition) is 1. The van der Waals surface area contributed by atoms with Crippen LogP contribution in [-0.2, 0) is 0 Å². The van der Waals surface area contributed by atoms with Crippen LogP contribution in [0.4, 0.5) is 5.13 Å². The molecule has 23 heavy (non-hydrogen) atoms. The first-order chi connectivity index (χ1) is 11.2. The van der Waals surface area contributed by atoms with E-state index in [0.29, 0.717) is 6.04 Å². The molecular weight excluding hydrogens is 310 g/mol. The molecule has 1 fully saturated rings. The van der Waals surface area contributed by atoms with E-state index in [2.05, 4.69) is 32.3 Å². The van der Waals surface area contributed by atoms with Crippen LogP contribution in [0.1, 0.15) is 36.4 Å². The summed E-state index contributed by atoms with van der Waals surface area (Å²) in [6.07, 6.45) is 5.80. The van der Waals surface area contributed by atoms with Crippen LogP contribution in [-0.4, -0.2) is 41.4 Å². The lowest BCUT2D eigenvalue weighted by Gasteiger charge is -2.33. The van der Waals surface area contributed by atoms with Gasteiger partial charge in [-0.1, -0.05) is 11.3 Å². The van der Waals surface area contributed by atoms with Crippen LogP contribution in [0.25, 0.3) is 0 Å². The molecule has 1 aliphatic heterocycles. The molecule has 0 saturated carbocycles. The largest absolute Gasteiger partial charge is 0.495 e. The number of rotatable bonds is 5. The van der Waals surface area contributed by atoms with Crippen LogP contribution in [0.15, 0.2) is 18.5 Å². The summed E-state index contributed by atoms with van der Waals surface area (Å²) in [4.78, 5) is 6.45.